The van der Waals surface area contributed by atoms with E-state index in [-0.39, 0.29) is 71.7 Å². The molecule has 0 saturated heterocycles. The molecule has 14 heteroatoms. The smallest absolute Gasteiger partial charge is 0.271 e. The van der Waals surface area contributed by atoms with Gasteiger partial charge in [-0.05, 0) is 43.1 Å². The predicted octanol–water partition coefficient (Wildman–Crippen LogP) is 4.66. The molecule has 0 unspecified atom stereocenters. The number of rotatable bonds is 6. The molecule has 47 heavy (non-hydrogen) atoms. The Bertz CT molecular complexity index is 1480. The van der Waals surface area contributed by atoms with Crippen LogP contribution in [0.3, 0.4) is 0 Å². The molecule has 0 saturated carbocycles. The minimum absolute atomic E-state index is 0. The van der Waals surface area contributed by atoms with Crippen LogP contribution in [0.4, 0.5) is 0 Å². The van der Waals surface area contributed by atoms with Crippen LogP contribution in [-0.4, -0.2) is 64.2 Å². The van der Waals surface area contributed by atoms with Crippen LogP contribution in [0, 0.1) is 11.8 Å². The monoisotopic (exact) mass is 703 g/mol. The Morgan fingerprint density at radius 3 is 2.17 bits per heavy atom. The highest BCUT2D eigenvalue weighted by molar-refractivity contribution is 7.10. The van der Waals surface area contributed by atoms with Crippen LogP contribution in [-0.2, 0) is 16.0 Å². The topological polar surface area (TPSA) is 159 Å². The van der Waals surface area contributed by atoms with Gasteiger partial charge in [0.15, 0.2) is 0 Å². The summed E-state index contributed by atoms with van der Waals surface area (Å²) in [5, 5.41) is 13.8. The van der Waals surface area contributed by atoms with Crippen molar-refractivity contribution in [3.8, 4) is 0 Å². The average molecular weight is 704 g/mol. The summed E-state index contributed by atoms with van der Waals surface area (Å²) in [4.78, 5) is 63.8. The number of nitrogens with one attached hydrogen (secondary N) is 3. The number of thiazole rings is 2. The second-order valence-electron chi connectivity index (χ2n) is 12.4. The minimum Gasteiger partial charge on any atom is -0.351 e. The number of nitrogens with two attached hydrogens (primary N) is 1. The molecule has 3 aromatic rings. The number of halogens is 1. The molecule has 1 aliphatic rings. The van der Waals surface area contributed by atoms with E-state index < -0.39 is 12.1 Å². The number of nitrogens with zero attached hydrogens (tertiary/aromatic N) is 3. The lowest BCUT2D eigenvalue weighted by molar-refractivity contribution is -0.134. The number of amides is 4. The Kier molecular flexibility index (Phi) is 14.8. The van der Waals surface area contributed by atoms with Crippen molar-refractivity contribution >= 4 is 58.7 Å². The molecule has 0 aliphatic carbocycles. The van der Waals surface area contributed by atoms with Crippen LogP contribution in [0.5, 0.6) is 0 Å². The number of hydrogen-bond donors (Lipinski definition) is 4. The lowest BCUT2D eigenvalue weighted by Crippen LogP contribution is -2.47. The number of hydrogen-bond acceptors (Lipinski definition) is 9. The summed E-state index contributed by atoms with van der Waals surface area (Å²) < 4.78 is 0. The van der Waals surface area contributed by atoms with Gasteiger partial charge in [0, 0.05) is 36.8 Å². The van der Waals surface area contributed by atoms with E-state index in [0.717, 1.165) is 5.56 Å². The normalized spacial score (nSPS) is 19.2. The van der Waals surface area contributed by atoms with Crippen LogP contribution < -0.4 is 21.7 Å². The zero-order chi connectivity index (χ0) is 33.2. The van der Waals surface area contributed by atoms with E-state index in [1.807, 2.05) is 44.2 Å². The van der Waals surface area contributed by atoms with Gasteiger partial charge in [0.25, 0.3) is 11.8 Å². The van der Waals surface area contributed by atoms with Gasteiger partial charge in [-0.3, -0.25) is 19.2 Å². The van der Waals surface area contributed by atoms with E-state index in [9.17, 15) is 19.2 Å². The summed E-state index contributed by atoms with van der Waals surface area (Å²) in [6.45, 7) is 9.05. The summed E-state index contributed by atoms with van der Waals surface area (Å²) >= 11 is 2.65. The summed E-state index contributed by atoms with van der Waals surface area (Å²) in [5.41, 5.74) is 7.75. The van der Waals surface area contributed by atoms with E-state index in [0.29, 0.717) is 55.3 Å². The van der Waals surface area contributed by atoms with Gasteiger partial charge < -0.3 is 26.6 Å². The van der Waals surface area contributed by atoms with E-state index in [4.69, 9.17) is 5.73 Å². The van der Waals surface area contributed by atoms with E-state index in [1.165, 1.54) is 22.7 Å². The van der Waals surface area contributed by atoms with Gasteiger partial charge in [-0.15, -0.1) is 35.1 Å². The third-order valence-electron chi connectivity index (χ3n) is 7.77. The second kappa shape index (κ2) is 18.2. The van der Waals surface area contributed by atoms with Crippen molar-refractivity contribution < 1.29 is 19.2 Å². The van der Waals surface area contributed by atoms with Crippen LogP contribution in [0.15, 0.2) is 41.1 Å². The van der Waals surface area contributed by atoms with Crippen LogP contribution in [0.25, 0.3) is 0 Å². The number of carbonyl (C=O) groups is 4. The molecule has 0 radical (unpaired) electrons. The van der Waals surface area contributed by atoms with E-state index >= 15 is 0 Å². The SMILES string of the molecule is CC(C)C[C@@H]1NC(=O)CCCN(C(=O)[C@H](N)C(C)C)CCCNC(=O)c2csc(n2)[C@H](Cc2ccccc2)NC(=O)c2csc1n2.Cl. The quantitative estimate of drug-likeness (QED) is 0.291. The highest BCUT2D eigenvalue weighted by atomic mass is 35.5. The van der Waals surface area contributed by atoms with Gasteiger partial charge in [0.05, 0.1) is 18.1 Å². The molecule has 11 nitrogen and oxygen atoms in total. The molecule has 256 valence electrons. The molecule has 1 aliphatic heterocycles. The molecule has 0 spiro atoms. The van der Waals surface area contributed by atoms with Crippen LogP contribution in [0.2, 0.25) is 0 Å². The standard InChI is InChI=1S/C33H45N7O4S2.ClH/c1-20(2)16-23-31-39-26(19-46-31)30(43)37-24(17-22-10-6-5-7-11-22)32-38-25(18-45-32)29(42)35-13-9-15-40(14-8-12-27(41)36-23)33(44)28(34)21(3)4;/h5-7,10-11,18-21,23-24,28H,8-9,12-17,34H2,1-4H3,(H,35,42)(H,36,41)(H,37,43);1H/t23-,24-,28+;/m0./s1. The first-order valence-electron chi connectivity index (χ1n) is 15.9. The summed E-state index contributed by atoms with van der Waals surface area (Å²) in [7, 11) is 0. The Morgan fingerprint density at radius 2 is 1.53 bits per heavy atom. The van der Waals surface area contributed by atoms with Gasteiger partial charge in [-0.25, -0.2) is 9.97 Å². The molecular formula is C33H46ClN7O4S2. The van der Waals surface area contributed by atoms with Crippen LogP contribution >= 0.6 is 35.1 Å². The fourth-order valence-corrected chi connectivity index (χ4v) is 6.88. The maximum Gasteiger partial charge on any atom is 0.271 e. The Balaban J connectivity index is 0.00000600. The van der Waals surface area contributed by atoms with Crippen molar-refractivity contribution in [1.82, 2.24) is 30.8 Å². The Morgan fingerprint density at radius 1 is 0.915 bits per heavy atom. The van der Waals surface area contributed by atoms with Gasteiger partial charge >= 0.3 is 0 Å². The summed E-state index contributed by atoms with van der Waals surface area (Å²) in [6.07, 6.45) is 2.33. The van der Waals surface area contributed by atoms with Gasteiger partial charge in [-0.1, -0.05) is 58.0 Å². The first kappa shape index (κ1) is 38.1. The largest absolute Gasteiger partial charge is 0.351 e. The number of benzene rings is 1. The molecule has 0 fully saturated rings. The van der Waals surface area contributed by atoms with Crippen molar-refractivity contribution in [2.75, 3.05) is 19.6 Å². The molecule has 3 heterocycles. The molecule has 5 N–H and O–H groups in total. The highest BCUT2D eigenvalue weighted by Crippen LogP contribution is 2.27. The van der Waals surface area contributed by atoms with E-state index in [2.05, 4.69) is 39.8 Å². The van der Waals surface area contributed by atoms with Gasteiger partial charge in [0.1, 0.15) is 21.4 Å². The lowest BCUT2D eigenvalue weighted by Gasteiger charge is -2.27. The Labute approximate surface area is 290 Å². The van der Waals surface area contributed by atoms with Crippen LogP contribution in [0.1, 0.15) is 102 Å². The molecule has 1 aromatic carbocycles. The van der Waals surface area contributed by atoms with Crippen molar-refractivity contribution in [1.29, 1.82) is 0 Å². The summed E-state index contributed by atoms with van der Waals surface area (Å²) in [6, 6.07) is 8.28. The zero-order valence-electron chi connectivity index (χ0n) is 27.4. The predicted molar refractivity (Wildman–Crippen MR) is 188 cm³/mol. The second-order valence-corrected chi connectivity index (χ2v) is 14.2. The molecule has 3 atom stereocenters. The highest BCUT2D eigenvalue weighted by Gasteiger charge is 2.27. The fraction of sp³-hybridized carbons (Fsp3) is 0.515. The zero-order valence-corrected chi connectivity index (χ0v) is 29.8. The van der Waals surface area contributed by atoms with E-state index in [1.54, 1.807) is 15.7 Å². The number of fused-ring (bicyclic) bond motifs is 4. The fourth-order valence-electron chi connectivity index (χ4n) is 5.17. The molecule has 4 rings (SSSR count). The molecule has 2 aromatic heterocycles. The summed E-state index contributed by atoms with van der Waals surface area (Å²) in [5.74, 6) is -0.753. The lowest BCUT2D eigenvalue weighted by atomic mass is 10.0. The average Bonchev–Trinajstić information content (AvgIpc) is 3.72. The first-order valence-corrected chi connectivity index (χ1v) is 17.6. The third kappa shape index (κ3) is 11.1. The van der Waals surface area contributed by atoms with Gasteiger partial charge in [-0.2, -0.15) is 0 Å². The molecule has 4 bridgehead atoms. The number of carbonyl (C=O) groups excluding carboxylic acids is 4. The third-order valence-corrected chi connectivity index (χ3v) is 9.69. The maximum atomic E-state index is 13.5. The number of aromatic nitrogens is 2. The minimum atomic E-state index is -0.652. The van der Waals surface area contributed by atoms with Crippen molar-refractivity contribution in [3.63, 3.8) is 0 Å². The van der Waals surface area contributed by atoms with Gasteiger partial charge in [0.2, 0.25) is 11.8 Å². The van der Waals surface area contributed by atoms with Crippen molar-refractivity contribution in [2.24, 2.45) is 17.6 Å². The molecular weight excluding hydrogens is 658 g/mol. The molecule has 4 amide bonds. The van der Waals surface area contributed by atoms with Crippen molar-refractivity contribution in [2.45, 2.75) is 77.9 Å². The first-order chi connectivity index (χ1) is 22.0. The van der Waals surface area contributed by atoms with Crippen molar-refractivity contribution in [3.05, 3.63) is 68.1 Å². The maximum absolute atomic E-state index is 13.5. The Hall–Kier alpha value is -3.39.